The molecule has 0 spiro atoms. The molecular formula is C20H22N2OS2. The number of hydrogen-bond donors (Lipinski definition) is 1. The summed E-state index contributed by atoms with van der Waals surface area (Å²) in [5.74, 6) is 0.0272. The van der Waals surface area contributed by atoms with Crippen LogP contribution in [-0.4, -0.2) is 10.9 Å². The minimum atomic E-state index is -0.0770. The van der Waals surface area contributed by atoms with Gasteiger partial charge in [0.1, 0.15) is 0 Å². The third kappa shape index (κ3) is 4.55. The van der Waals surface area contributed by atoms with Crippen molar-refractivity contribution in [3.05, 3.63) is 63.3 Å². The molecule has 0 unspecified atom stereocenters. The van der Waals surface area contributed by atoms with E-state index in [0.29, 0.717) is 6.54 Å². The van der Waals surface area contributed by atoms with E-state index in [0.717, 1.165) is 38.9 Å². The standard InChI is InChI=1S/C20H22N2OS2/c1-3-7-17(15-8-5-4-6-9-15)20(23)21-12-16-10-11-19(25-16)18-13-24-14(2)22-18/h4-6,8-11,13,17H,3,7,12H2,1-2H3,(H,21,23)/t17-/m0/s1. The van der Waals surface area contributed by atoms with Crippen LogP contribution < -0.4 is 5.32 Å². The Labute approximate surface area is 156 Å². The fraction of sp³-hybridized carbons (Fsp3) is 0.300. The number of rotatable bonds is 7. The van der Waals surface area contributed by atoms with Crippen LogP contribution in [0.2, 0.25) is 0 Å². The molecular weight excluding hydrogens is 348 g/mol. The van der Waals surface area contributed by atoms with Crippen LogP contribution >= 0.6 is 22.7 Å². The number of nitrogens with zero attached hydrogens (tertiary/aromatic N) is 1. The average molecular weight is 371 g/mol. The number of amides is 1. The zero-order valence-electron chi connectivity index (χ0n) is 14.5. The number of thiazole rings is 1. The van der Waals surface area contributed by atoms with E-state index < -0.39 is 0 Å². The van der Waals surface area contributed by atoms with Gasteiger partial charge in [-0.25, -0.2) is 4.98 Å². The van der Waals surface area contributed by atoms with E-state index in [1.54, 1.807) is 22.7 Å². The summed E-state index contributed by atoms with van der Waals surface area (Å²) in [5, 5.41) is 6.26. The fourth-order valence-electron chi connectivity index (χ4n) is 2.81. The SMILES string of the molecule is CCC[C@H](C(=O)NCc1ccc(-c2csc(C)n2)s1)c1ccccc1. The number of carbonyl (C=O) groups is 1. The molecule has 0 saturated carbocycles. The first kappa shape index (κ1) is 17.8. The molecule has 1 amide bonds. The van der Waals surface area contributed by atoms with Crippen LogP contribution in [-0.2, 0) is 11.3 Å². The summed E-state index contributed by atoms with van der Waals surface area (Å²) < 4.78 is 0. The quantitative estimate of drug-likeness (QED) is 0.607. The van der Waals surface area contributed by atoms with Crippen molar-refractivity contribution in [1.82, 2.24) is 10.3 Å². The molecule has 0 aliphatic heterocycles. The van der Waals surface area contributed by atoms with Crippen LogP contribution in [0.5, 0.6) is 0 Å². The van der Waals surface area contributed by atoms with E-state index in [2.05, 4.69) is 34.7 Å². The van der Waals surface area contributed by atoms with E-state index in [9.17, 15) is 4.79 Å². The van der Waals surface area contributed by atoms with E-state index in [4.69, 9.17) is 0 Å². The van der Waals surface area contributed by atoms with Crippen molar-refractivity contribution in [1.29, 1.82) is 0 Å². The van der Waals surface area contributed by atoms with E-state index >= 15 is 0 Å². The normalized spacial score (nSPS) is 12.1. The third-order valence-corrected chi connectivity index (χ3v) is 5.95. The Morgan fingerprint density at radius 2 is 2.00 bits per heavy atom. The molecule has 0 aliphatic rings. The highest BCUT2D eigenvalue weighted by atomic mass is 32.1. The molecule has 0 saturated heterocycles. The Morgan fingerprint density at radius 1 is 1.20 bits per heavy atom. The molecule has 25 heavy (non-hydrogen) atoms. The lowest BCUT2D eigenvalue weighted by atomic mass is 9.93. The van der Waals surface area contributed by atoms with Crippen molar-refractivity contribution in [2.24, 2.45) is 0 Å². The molecule has 130 valence electrons. The van der Waals surface area contributed by atoms with Gasteiger partial charge < -0.3 is 5.32 Å². The highest BCUT2D eigenvalue weighted by Crippen LogP contribution is 2.29. The number of thiophene rings is 1. The molecule has 1 aromatic carbocycles. The van der Waals surface area contributed by atoms with Gasteiger partial charge in [0.25, 0.3) is 0 Å². The molecule has 1 atom stereocenters. The Hall–Kier alpha value is -1.98. The molecule has 2 heterocycles. The van der Waals surface area contributed by atoms with Crippen molar-refractivity contribution in [3.8, 4) is 10.6 Å². The highest BCUT2D eigenvalue weighted by molar-refractivity contribution is 7.16. The molecule has 1 N–H and O–H groups in total. The van der Waals surface area contributed by atoms with Gasteiger partial charge >= 0.3 is 0 Å². The summed E-state index contributed by atoms with van der Waals surface area (Å²) in [7, 11) is 0. The van der Waals surface area contributed by atoms with Crippen molar-refractivity contribution in [2.75, 3.05) is 0 Å². The van der Waals surface area contributed by atoms with Crippen molar-refractivity contribution in [2.45, 2.75) is 39.2 Å². The first-order valence-electron chi connectivity index (χ1n) is 8.51. The number of aromatic nitrogens is 1. The van der Waals surface area contributed by atoms with Gasteiger partial charge in [-0.2, -0.15) is 0 Å². The largest absolute Gasteiger partial charge is 0.351 e. The third-order valence-electron chi connectivity index (χ3n) is 4.07. The van der Waals surface area contributed by atoms with Crippen LogP contribution in [0.1, 0.15) is 41.1 Å². The Morgan fingerprint density at radius 3 is 2.68 bits per heavy atom. The maximum Gasteiger partial charge on any atom is 0.227 e. The molecule has 2 aromatic heterocycles. The number of nitrogens with one attached hydrogen (secondary N) is 1. The first-order valence-corrected chi connectivity index (χ1v) is 10.2. The van der Waals surface area contributed by atoms with Crippen molar-refractivity contribution >= 4 is 28.6 Å². The highest BCUT2D eigenvalue weighted by Gasteiger charge is 2.19. The summed E-state index contributed by atoms with van der Waals surface area (Å²) >= 11 is 3.35. The van der Waals surface area contributed by atoms with Gasteiger partial charge in [0.05, 0.1) is 28.0 Å². The van der Waals surface area contributed by atoms with Gasteiger partial charge in [0.15, 0.2) is 0 Å². The van der Waals surface area contributed by atoms with E-state index in [-0.39, 0.29) is 11.8 Å². The summed E-state index contributed by atoms with van der Waals surface area (Å²) in [5.41, 5.74) is 2.12. The van der Waals surface area contributed by atoms with Gasteiger partial charge in [-0.15, -0.1) is 22.7 Å². The maximum absolute atomic E-state index is 12.7. The van der Waals surface area contributed by atoms with Crippen LogP contribution in [0.25, 0.3) is 10.6 Å². The summed E-state index contributed by atoms with van der Waals surface area (Å²) in [6.07, 6.45) is 1.85. The topological polar surface area (TPSA) is 42.0 Å². The van der Waals surface area contributed by atoms with Gasteiger partial charge in [0, 0.05) is 10.3 Å². The predicted octanol–water partition coefficient (Wildman–Crippen LogP) is 5.38. The molecule has 3 aromatic rings. The number of aryl methyl sites for hydroxylation is 1. The van der Waals surface area contributed by atoms with Gasteiger partial charge in [0.2, 0.25) is 5.91 Å². The van der Waals surface area contributed by atoms with Gasteiger partial charge in [-0.05, 0) is 31.0 Å². The second kappa shape index (κ2) is 8.41. The molecule has 3 rings (SSSR count). The predicted molar refractivity (Wildman–Crippen MR) is 106 cm³/mol. The fourth-order valence-corrected chi connectivity index (χ4v) is 4.40. The van der Waals surface area contributed by atoms with Crippen LogP contribution in [0.4, 0.5) is 0 Å². The second-order valence-corrected chi connectivity index (χ2v) is 8.22. The van der Waals surface area contributed by atoms with Crippen molar-refractivity contribution < 1.29 is 4.79 Å². The first-order chi connectivity index (χ1) is 12.2. The lowest BCUT2D eigenvalue weighted by molar-refractivity contribution is -0.122. The monoisotopic (exact) mass is 370 g/mol. The second-order valence-electron chi connectivity index (χ2n) is 5.99. The van der Waals surface area contributed by atoms with Crippen LogP contribution in [0, 0.1) is 6.92 Å². The maximum atomic E-state index is 12.7. The zero-order valence-corrected chi connectivity index (χ0v) is 16.1. The lowest BCUT2D eigenvalue weighted by Gasteiger charge is -2.16. The Kier molecular flexibility index (Phi) is 6.00. The van der Waals surface area contributed by atoms with Crippen molar-refractivity contribution in [3.63, 3.8) is 0 Å². The van der Waals surface area contributed by atoms with Gasteiger partial charge in [-0.1, -0.05) is 43.7 Å². The summed E-state index contributed by atoms with van der Waals surface area (Å²) in [6.45, 7) is 4.70. The number of carbonyl (C=O) groups excluding carboxylic acids is 1. The van der Waals surface area contributed by atoms with E-state index in [1.165, 1.54) is 0 Å². The average Bonchev–Trinajstić information content (AvgIpc) is 3.27. The van der Waals surface area contributed by atoms with Crippen LogP contribution in [0.3, 0.4) is 0 Å². The Balaban J connectivity index is 1.64. The minimum Gasteiger partial charge on any atom is -0.351 e. The molecule has 0 bridgehead atoms. The zero-order chi connectivity index (χ0) is 17.6. The molecule has 5 heteroatoms. The lowest BCUT2D eigenvalue weighted by Crippen LogP contribution is -2.28. The smallest absolute Gasteiger partial charge is 0.227 e. The molecule has 0 fully saturated rings. The number of benzene rings is 1. The summed E-state index contributed by atoms with van der Waals surface area (Å²) in [4.78, 5) is 19.5. The molecule has 0 radical (unpaired) electrons. The summed E-state index contributed by atoms with van der Waals surface area (Å²) in [6, 6.07) is 14.2. The number of hydrogen-bond acceptors (Lipinski definition) is 4. The van der Waals surface area contributed by atoms with E-state index in [1.807, 2.05) is 37.3 Å². The Bertz CT molecular complexity index is 823. The van der Waals surface area contributed by atoms with Crippen LogP contribution in [0.15, 0.2) is 47.8 Å². The molecule has 3 nitrogen and oxygen atoms in total. The minimum absolute atomic E-state index is 0.0770. The van der Waals surface area contributed by atoms with Gasteiger partial charge in [-0.3, -0.25) is 4.79 Å². The molecule has 0 aliphatic carbocycles.